The molecule has 0 spiro atoms. The van der Waals surface area contributed by atoms with Crippen molar-refractivity contribution in [1.82, 2.24) is 0 Å². The Morgan fingerprint density at radius 2 is 1.24 bits per heavy atom. The Balaban J connectivity index is 1.63. The van der Waals surface area contributed by atoms with Crippen molar-refractivity contribution in [2.75, 3.05) is 0 Å². The monoisotopic (exact) mass is 538 g/mol. The van der Waals surface area contributed by atoms with Gasteiger partial charge in [-0.05, 0) is 47.7 Å². The minimum absolute atomic E-state index is 0.147. The van der Waals surface area contributed by atoms with Gasteiger partial charge in [0, 0.05) is 14.0 Å². The molecule has 2 aliphatic rings. The third-order valence-electron chi connectivity index (χ3n) is 9.86. The van der Waals surface area contributed by atoms with E-state index in [0.717, 1.165) is 19.3 Å². The first kappa shape index (κ1) is 27.3. The molecule has 2 saturated carbocycles. The first-order valence-corrected chi connectivity index (χ1v) is 20.6. The second-order valence-corrected chi connectivity index (χ2v) is 24.9. The summed E-state index contributed by atoms with van der Waals surface area (Å²) in [5.74, 6) is 1.81. The number of Topliss-reactive ketones (excluding diaryl/α,β-unsaturated/α-hetero) is 1. The maximum absolute atomic E-state index is 14.3. The van der Waals surface area contributed by atoms with Crippen LogP contribution in [0.25, 0.3) is 0 Å². The highest BCUT2D eigenvalue weighted by Gasteiger charge is 2.61. The van der Waals surface area contributed by atoms with E-state index in [1.54, 1.807) is 0 Å². The number of rotatable bonds is 7. The van der Waals surface area contributed by atoms with E-state index in [1.165, 1.54) is 28.0 Å². The van der Waals surface area contributed by atoms with Crippen molar-refractivity contribution >= 4 is 32.3 Å². The van der Waals surface area contributed by atoms with E-state index in [9.17, 15) is 4.79 Å². The van der Waals surface area contributed by atoms with Gasteiger partial charge >= 0.3 is 0 Å². The molecule has 3 aromatic rings. The maximum Gasteiger partial charge on any atom is 0.146 e. The van der Waals surface area contributed by atoms with Gasteiger partial charge in [0.1, 0.15) is 13.9 Å². The molecule has 38 heavy (non-hydrogen) atoms. The molecule has 2 bridgehead atoms. The van der Waals surface area contributed by atoms with E-state index in [2.05, 4.69) is 131 Å². The van der Waals surface area contributed by atoms with Gasteiger partial charge in [0.25, 0.3) is 0 Å². The number of fused-ring (bicyclic) bond motifs is 2. The van der Waals surface area contributed by atoms with Crippen LogP contribution in [0.4, 0.5) is 0 Å². The number of ketones is 1. The largest absolute Gasteiger partial charge is 0.298 e. The summed E-state index contributed by atoms with van der Waals surface area (Å²) in [6.07, 6.45) is 3.18. The average molecular weight is 539 g/mol. The maximum atomic E-state index is 14.3. The van der Waals surface area contributed by atoms with Crippen molar-refractivity contribution in [2.24, 2.45) is 17.8 Å². The molecule has 3 heteroatoms. The molecular weight excluding hydrogens is 493 g/mol. The quantitative estimate of drug-likeness (QED) is 0.279. The van der Waals surface area contributed by atoms with E-state index in [1.807, 2.05) is 0 Å². The number of carbonyl (C=O) groups excluding carboxylic acids is 1. The standard InChI is InChI=1S/C35H46OSi2/c1-34(2,3)38(31-18-12-8-13-19-31,32-20-14-9-15-21-32)25-27-22-28-23-30(26-37(4,5)6)35(24-27,33(28)36)29-16-10-7-11-17-29/h7-21,27-28,30H,22-26H2,1-6H3. The molecule has 0 saturated heterocycles. The smallest absolute Gasteiger partial charge is 0.146 e. The number of hydrogen-bond donors (Lipinski definition) is 0. The molecule has 1 nitrogen and oxygen atoms in total. The molecule has 0 heterocycles. The van der Waals surface area contributed by atoms with Crippen LogP contribution in [0, 0.1) is 17.8 Å². The van der Waals surface area contributed by atoms with E-state index in [0.29, 0.717) is 17.6 Å². The van der Waals surface area contributed by atoms with Crippen LogP contribution in [0.2, 0.25) is 36.8 Å². The summed E-state index contributed by atoms with van der Waals surface area (Å²) in [7, 11) is -3.53. The second-order valence-electron chi connectivity index (χ2n) is 14.5. The van der Waals surface area contributed by atoms with Crippen molar-refractivity contribution in [3.05, 3.63) is 96.6 Å². The Morgan fingerprint density at radius 3 is 1.71 bits per heavy atom. The predicted molar refractivity (Wildman–Crippen MR) is 168 cm³/mol. The lowest BCUT2D eigenvalue weighted by molar-refractivity contribution is -0.129. The van der Waals surface area contributed by atoms with Gasteiger partial charge in [0.15, 0.2) is 0 Å². The zero-order valence-corrected chi connectivity index (χ0v) is 26.3. The van der Waals surface area contributed by atoms with Crippen LogP contribution >= 0.6 is 0 Å². The van der Waals surface area contributed by atoms with Crippen LogP contribution in [0.15, 0.2) is 91.0 Å². The minimum atomic E-state index is -2.20. The summed E-state index contributed by atoms with van der Waals surface area (Å²) in [6.45, 7) is 14.9. The molecule has 0 aliphatic heterocycles. The Hall–Kier alpha value is -2.24. The Kier molecular flexibility index (Phi) is 7.24. The minimum Gasteiger partial charge on any atom is -0.298 e. The van der Waals surface area contributed by atoms with Gasteiger partial charge in [0.2, 0.25) is 0 Å². The Morgan fingerprint density at radius 1 is 0.737 bits per heavy atom. The normalized spacial score (nSPS) is 25.9. The number of hydrogen-bond acceptors (Lipinski definition) is 1. The predicted octanol–water partition coefficient (Wildman–Crippen LogP) is 7.94. The van der Waals surface area contributed by atoms with E-state index >= 15 is 0 Å². The summed E-state index contributed by atoms with van der Waals surface area (Å²) in [5.41, 5.74) is 0.989. The van der Waals surface area contributed by atoms with Crippen molar-refractivity contribution in [3.63, 3.8) is 0 Å². The van der Waals surface area contributed by atoms with Gasteiger partial charge in [0.05, 0.1) is 5.41 Å². The molecule has 4 atom stereocenters. The highest BCUT2D eigenvalue weighted by atomic mass is 28.3. The molecule has 0 N–H and O–H groups in total. The molecule has 3 aromatic carbocycles. The van der Waals surface area contributed by atoms with Crippen LogP contribution in [0.3, 0.4) is 0 Å². The summed E-state index contributed by atoms with van der Waals surface area (Å²) in [5, 5.41) is 3.22. The third kappa shape index (κ3) is 4.71. The fraction of sp³-hybridized carbons (Fsp3) is 0.457. The summed E-state index contributed by atoms with van der Waals surface area (Å²) >= 11 is 0. The summed E-state index contributed by atoms with van der Waals surface area (Å²) in [4.78, 5) is 14.3. The lowest BCUT2D eigenvalue weighted by Gasteiger charge is -2.49. The topological polar surface area (TPSA) is 17.1 Å². The second kappa shape index (κ2) is 10.1. The van der Waals surface area contributed by atoms with Gasteiger partial charge in [-0.1, -0.05) is 148 Å². The van der Waals surface area contributed by atoms with Crippen molar-refractivity contribution in [3.8, 4) is 0 Å². The lowest BCUT2D eigenvalue weighted by Crippen LogP contribution is -2.65. The molecule has 5 rings (SSSR count). The van der Waals surface area contributed by atoms with Gasteiger partial charge in [-0.25, -0.2) is 0 Å². The highest BCUT2D eigenvalue weighted by molar-refractivity contribution is 7.04. The number of carbonyl (C=O) groups is 1. The van der Waals surface area contributed by atoms with Crippen LogP contribution < -0.4 is 10.4 Å². The van der Waals surface area contributed by atoms with Crippen molar-refractivity contribution < 1.29 is 4.79 Å². The van der Waals surface area contributed by atoms with Crippen molar-refractivity contribution in [2.45, 2.75) is 82.2 Å². The number of benzene rings is 3. The van der Waals surface area contributed by atoms with Gasteiger partial charge < -0.3 is 0 Å². The van der Waals surface area contributed by atoms with Gasteiger partial charge in [-0.2, -0.15) is 0 Å². The van der Waals surface area contributed by atoms with Crippen LogP contribution in [-0.2, 0) is 10.2 Å². The molecule has 0 aromatic heterocycles. The molecule has 2 aliphatic carbocycles. The first-order chi connectivity index (χ1) is 18.0. The van der Waals surface area contributed by atoms with E-state index in [-0.39, 0.29) is 16.4 Å². The van der Waals surface area contributed by atoms with Crippen LogP contribution in [0.1, 0.15) is 45.6 Å². The Bertz CT molecular complexity index is 1200. The fourth-order valence-electron chi connectivity index (χ4n) is 8.47. The Labute approximate surface area is 233 Å². The lowest BCUT2D eigenvalue weighted by atomic mass is 9.63. The van der Waals surface area contributed by atoms with Crippen molar-refractivity contribution in [1.29, 1.82) is 0 Å². The summed E-state index contributed by atoms with van der Waals surface area (Å²) in [6, 6.07) is 36.2. The molecule has 0 amide bonds. The average Bonchev–Trinajstić information content (AvgIpc) is 3.02. The van der Waals surface area contributed by atoms with E-state index < -0.39 is 16.1 Å². The van der Waals surface area contributed by atoms with E-state index in [4.69, 9.17) is 0 Å². The van der Waals surface area contributed by atoms with Crippen LogP contribution in [0.5, 0.6) is 0 Å². The molecular formula is C35H46OSi2. The SMILES string of the molecule is CC(C)(C)[Si](CC1CC2CC(C[Si](C)(C)C)C(c3ccccc3)(C1)C2=O)(c1ccccc1)c1ccccc1. The zero-order valence-electron chi connectivity index (χ0n) is 24.3. The molecule has 4 unspecified atom stereocenters. The van der Waals surface area contributed by atoms with Crippen LogP contribution in [-0.4, -0.2) is 21.9 Å². The molecule has 200 valence electrons. The van der Waals surface area contributed by atoms with Gasteiger partial charge in [-0.15, -0.1) is 0 Å². The molecule has 0 radical (unpaired) electrons. The molecule has 2 fully saturated rings. The highest BCUT2D eigenvalue weighted by Crippen LogP contribution is 2.59. The fourth-order valence-corrected chi connectivity index (χ4v) is 16.3. The van der Waals surface area contributed by atoms with Gasteiger partial charge in [-0.3, -0.25) is 4.79 Å². The summed E-state index contributed by atoms with van der Waals surface area (Å²) < 4.78 is 0. The third-order valence-corrected chi connectivity index (χ3v) is 18.0. The zero-order chi connectivity index (χ0) is 27.2. The first-order valence-electron chi connectivity index (χ1n) is 14.7.